The van der Waals surface area contributed by atoms with Crippen LogP contribution in [0.25, 0.3) is 21.3 Å². The third-order valence-electron chi connectivity index (χ3n) is 7.49. The highest BCUT2D eigenvalue weighted by Crippen LogP contribution is 2.41. The number of aliphatic hydroxyl groups is 1. The molecule has 1 saturated heterocycles. The molecule has 0 unspecified atom stereocenters. The van der Waals surface area contributed by atoms with Gasteiger partial charge in [0.25, 0.3) is 0 Å². The van der Waals surface area contributed by atoms with Crippen LogP contribution in [0.5, 0.6) is 0 Å². The molecule has 0 bridgehead atoms. The molecule has 226 valence electrons. The van der Waals surface area contributed by atoms with Crippen molar-refractivity contribution in [2.24, 2.45) is 0 Å². The van der Waals surface area contributed by atoms with E-state index in [0.29, 0.717) is 19.5 Å². The molecule has 1 aromatic heterocycles. The summed E-state index contributed by atoms with van der Waals surface area (Å²) >= 11 is 3.43. The first kappa shape index (κ1) is 30.3. The molecule has 1 aliphatic heterocycles. The van der Waals surface area contributed by atoms with E-state index in [1.807, 2.05) is 73.7 Å². The second kappa shape index (κ2) is 14.4. The first-order chi connectivity index (χ1) is 21.6. The van der Waals surface area contributed by atoms with Crippen LogP contribution in [0.15, 0.2) is 101 Å². The van der Waals surface area contributed by atoms with Crippen LogP contribution in [0, 0.1) is 0 Å². The minimum absolute atomic E-state index is 0.00889. The van der Waals surface area contributed by atoms with Gasteiger partial charge in [0.2, 0.25) is 0 Å². The summed E-state index contributed by atoms with van der Waals surface area (Å²) < 4.78 is 15.4. The van der Waals surface area contributed by atoms with Gasteiger partial charge < -0.3 is 25.2 Å². The molecule has 44 heavy (non-hydrogen) atoms. The summed E-state index contributed by atoms with van der Waals surface area (Å²) in [5.41, 5.74) is 7.02. The topological polar surface area (TPSA) is 92.7 Å². The van der Waals surface area contributed by atoms with E-state index in [4.69, 9.17) is 14.5 Å². The Balaban J connectivity index is 1.22. The Bertz CT molecular complexity index is 1680. The van der Waals surface area contributed by atoms with Gasteiger partial charge in [-0.1, -0.05) is 84.6 Å². The number of carbonyl (C=O) groups is 1. The largest absolute Gasteiger partial charge is 0.392 e. The Kier molecular flexibility index (Phi) is 9.89. The molecular weight excluding hydrogens is 591 g/mol. The van der Waals surface area contributed by atoms with E-state index in [1.165, 1.54) is 4.70 Å². The second-order valence-corrected chi connectivity index (χ2v) is 12.9. The number of aliphatic hydroxyl groups excluding tert-OH is 1. The number of aromatic nitrogens is 1. The van der Waals surface area contributed by atoms with Gasteiger partial charge in [0, 0.05) is 30.8 Å². The van der Waals surface area contributed by atoms with Gasteiger partial charge in [-0.15, -0.1) is 11.3 Å². The molecule has 2 amide bonds. The monoisotopic (exact) mass is 625 g/mol. The number of thioether (sulfide) groups is 1. The number of rotatable bonds is 10. The normalized spacial score (nSPS) is 18.3. The van der Waals surface area contributed by atoms with Gasteiger partial charge in [-0.25, -0.2) is 9.78 Å². The molecule has 0 saturated carbocycles. The lowest BCUT2D eigenvalue weighted by Crippen LogP contribution is -2.34. The number of nitrogens with zero attached hydrogens (tertiary/aromatic N) is 1. The smallest absolute Gasteiger partial charge is 0.315 e. The highest BCUT2D eigenvalue weighted by Gasteiger charge is 2.32. The van der Waals surface area contributed by atoms with E-state index in [2.05, 4.69) is 41.0 Å². The fourth-order valence-corrected chi connectivity index (χ4v) is 7.34. The quantitative estimate of drug-likeness (QED) is 0.138. The van der Waals surface area contributed by atoms with Gasteiger partial charge in [-0.3, -0.25) is 0 Å². The zero-order chi connectivity index (χ0) is 30.3. The summed E-state index contributed by atoms with van der Waals surface area (Å²) in [5, 5.41) is 15.2. The molecule has 7 nitrogen and oxygen atoms in total. The number of amides is 2. The van der Waals surface area contributed by atoms with Crippen LogP contribution < -0.4 is 10.6 Å². The number of urea groups is 1. The minimum atomic E-state index is -0.547. The number of nitrogens with one attached hydrogen (secondary N) is 2. The molecule has 3 atom stereocenters. The maximum absolute atomic E-state index is 11.9. The second-order valence-electron chi connectivity index (χ2n) is 10.6. The minimum Gasteiger partial charge on any atom is -0.392 e. The fraction of sp³-hybridized carbons (Fsp3) is 0.257. The molecular formula is C35H35N3O4S2. The predicted molar refractivity (Wildman–Crippen MR) is 177 cm³/mol. The summed E-state index contributed by atoms with van der Waals surface area (Å²) in [4.78, 5) is 16.7. The van der Waals surface area contributed by atoms with Gasteiger partial charge in [-0.05, 0) is 59.0 Å². The Hall–Kier alpha value is -3.73. The predicted octanol–water partition coefficient (Wildman–Crippen LogP) is 7.61. The first-order valence-electron chi connectivity index (χ1n) is 14.8. The average Bonchev–Trinajstić information content (AvgIpc) is 3.50. The Labute approximate surface area is 265 Å². The highest BCUT2D eigenvalue weighted by atomic mass is 32.2. The number of benzene rings is 4. The van der Waals surface area contributed by atoms with Gasteiger partial charge >= 0.3 is 6.03 Å². The van der Waals surface area contributed by atoms with Crippen molar-refractivity contribution in [3.05, 3.63) is 119 Å². The molecule has 2 heterocycles. The van der Waals surface area contributed by atoms with Crippen LogP contribution in [0.1, 0.15) is 48.0 Å². The van der Waals surface area contributed by atoms with Crippen LogP contribution in [-0.2, 0) is 22.6 Å². The highest BCUT2D eigenvalue weighted by molar-refractivity contribution is 8.01. The third-order valence-corrected chi connectivity index (χ3v) is 9.80. The van der Waals surface area contributed by atoms with Crippen LogP contribution in [0.2, 0.25) is 0 Å². The zero-order valence-electron chi connectivity index (χ0n) is 24.4. The van der Waals surface area contributed by atoms with Crippen molar-refractivity contribution < 1.29 is 19.4 Å². The molecule has 6 rings (SSSR count). The van der Waals surface area contributed by atoms with E-state index in [1.54, 1.807) is 23.1 Å². The van der Waals surface area contributed by atoms with Crippen LogP contribution in [-0.4, -0.2) is 34.5 Å². The maximum atomic E-state index is 11.9. The molecule has 0 aliphatic carbocycles. The number of hydrogen-bond donors (Lipinski definition) is 3. The van der Waals surface area contributed by atoms with Crippen LogP contribution in [0.4, 0.5) is 4.79 Å². The Morgan fingerprint density at radius 2 is 1.70 bits per heavy atom. The number of fused-ring (bicyclic) bond motifs is 1. The van der Waals surface area contributed by atoms with E-state index in [9.17, 15) is 9.90 Å². The molecule has 5 aromatic rings. The van der Waals surface area contributed by atoms with Gasteiger partial charge in [0.15, 0.2) is 10.6 Å². The van der Waals surface area contributed by atoms with E-state index < -0.39 is 6.29 Å². The molecule has 0 radical (unpaired) electrons. The molecule has 3 N–H and O–H groups in total. The molecule has 1 aliphatic rings. The fourth-order valence-electron chi connectivity index (χ4n) is 5.23. The third kappa shape index (κ3) is 7.49. The lowest BCUT2D eigenvalue weighted by molar-refractivity contribution is -0.245. The first-order valence-corrected chi connectivity index (χ1v) is 16.6. The van der Waals surface area contributed by atoms with Crippen molar-refractivity contribution in [1.29, 1.82) is 0 Å². The molecule has 9 heteroatoms. The number of thiazole rings is 1. The lowest BCUT2D eigenvalue weighted by atomic mass is 9.99. The van der Waals surface area contributed by atoms with Crippen molar-refractivity contribution in [1.82, 2.24) is 15.6 Å². The number of ether oxygens (including phenoxy) is 2. The Morgan fingerprint density at radius 3 is 2.50 bits per heavy atom. The van der Waals surface area contributed by atoms with E-state index >= 15 is 0 Å². The summed E-state index contributed by atoms with van der Waals surface area (Å²) in [7, 11) is 0. The standard InChI is InChI=1S/C35H35N3O4S2/c1-2-36-34(40)37-20-24-7-5-8-26(17-24)27-9-6-10-28(18-27)33-41-29(19-31(42-33)25-15-13-23(21-39)14-16-25)22-43-35-38-30-11-3-4-12-32(30)44-35/h3-18,29,31,33,39H,2,19-22H2,1H3,(H2,36,37,40)/t29-,31+,33+/m0/s1. The summed E-state index contributed by atoms with van der Waals surface area (Å²) in [6.07, 6.45) is -0.0436. The molecule has 1 fully saturated rings. The van der Waals surface area contributed by atoms with Crippen molar-refractivity contribution in [3.63, 3.8) is 0 Å². The van der Waals surface area contributed by atoms with Gasteiger partial charge in [0.1, 0.15) is 0 Å². The van der Waals surface area contributed by atoms with Gasteiger partial charge in [0.05, 0.1) is 29.0 Å². The summed E-state index contributed by atoms with van der Waals surface area (Å²) in [5.74, 6) is 0.755. The average molecular weight is 626 g/mol. The number of carbonyl (C=O) groups excluding carboxylic acids is 1. The van der Waals surface area contributed by atoms with Crippen molar-refractivity contribution in [3.8, 4) is 11.1 Å². The van der Waals surface area contributed by atoms with Crippen LogP contribution >= 0.6 is 23.1 Å². The molecule has 4 aromatic carbocycles. The van der Waals surface area contributed by atoms with Crippen molar-refractivity contribution >= 4 is 39.3 Å². The molecule has 0 spiro atoms. The number of hydrogen-bond acceptors (Lipinski definition) is 7. The number of para-hydroxylation sites is 1. The Morgan fingerprint density at radius 1 is 0.909 bits per heavy atom. The van der Waals surface area contributed by atoms with Gasteiger partial charge in [-0.2, -0.15) is 0 Å². The van der Waals surface area contributed by atoms with Crippen LogP contribution in [0.3, 0.4) is 0 Å². The summed E-state index contributed by atoms with van der Waals surface area (Å²) in [6, 6.07) is 32.4. The van der Waals surface area contributed by atoms with E-state index in [0.717, 1.165) is 49.0 Å². The maximum Gasteiger partial charge on any atom is 0.315 e. The lowest BCUT2D eigenvalue weighted by Gasteiger charge is -2.36. The summed E-state index contributed by atoms with van der Waals surface area (Å²) in [6.45, 7) is 2.93. The van der Waals surface area contributed by atoms with E-state index in [-0.39, 0.29) is 24.8 Å². The SMILES string of the molecule is CCNC(=O)NCc1cccc(-c2cccc([C@@H]3O[C@H](CSc4nc5ccccc5s4)C[C@H](c4ccc(CO)cc4)O3)c2)c1. The zero-order valence-corrected chi connectivity index (χ0v) is 26.1. The van der Waals surface area contributed by atoms with Crippen molar-refractivity contribution in [2.75, 3.05) is 12.3 Å². The van der Waals surface area contributed by atoms with Crippen molar-refractivity contribution in [2.45, 2.75) is 49.3 Å².